The maximum absolute atomic E-state index is 11.9. The van der Waals surface area contributed by atoms with Crippen LogP contribution in [-0.4, -0.2) is 34.1 Å². The highest BCUT2D eigenvalue weighted by Gasteiger charge is 2.32. The Morgan fingerprint density at radius 2 is 2.11 bits per heavy atom. The predicted octanol–water partition coefficient (Wildman–Crippen LogP) is 4.30. The van der Waals surface area contributed by atoms with Crippen molar-refractivity contribution in [1.29, 1.82) is 0 Å². The van der Waals surface area contributed by atoms with Gasteiger partial charge in [-0.2, -0.15) is 0 Å². The fourth-order valence-corrected chi connectivity index (χ4v) is 3.52. The van der Waals surface area contributed by atoms with Gasteiger partial charge in [0.15, 0.2) is 0 Å². The van der Waals surface area contributed by atoms with Gasteiger partial charge in [-0.25, -0.2) is 9.97 Å². The van der Waals surface area contributed by atoms with Gasteiger partial charge in [-0.05, 0) is 44.7 Å². The Morgan fingerprint density at radius 3 is 2.85 bits per heavy atom. The Bertz CT molecular complexity index is 799. The number of anilines is 3. The predicted molar refractivity (Wildman–Crippen MR) is 105 cm³/mol. The van der Waals surface area contributed by atoms with Crippen LogP contribution in [0.15, 0.2) is 30.6 Å². The summed E-state index contributed by atoms with van der Waals surface area (Å²) in [6.07, 6.45) is 5.48. The van der Waals surface area contributed by atoms with E-state index in [1.807, 2.05) is 31.2 Å². The molecule has 8 nitrogen and oxygen atoms in total. The number of rotatable bonds is 7. The molecule has 1 unspecified atom stereocenters. The monoisotopic (exact) mass is 371 g/mol. The summed E-state index contributed by atoms with van der Waals surface area (Å²) >= 11 is 0. The maximum Gasteiger partial charge on any atom is 0.353 e. The molecule has 1 aliphatic rings. The van der Waals surface area contributed by atoms with E-state index in [9.17, 15) is 10.1 Å². The van der Waals surface area contributed by atoms with Gasteiger partial charge in [0.05, 0.1) is 17.2 Å². The molecule has 1 aromatic heterocycles. The fourth-order valence-electron chi connectivity index (χ4n) is 3.52. The van der Waals surface area contributed by atoms with Gasteiger partial charge in [-0.1, -0.05) is 19.1 Å². The van der Waals surface area contributed by atoms with Crippen LogP contribution in [-0.2, 0) is 0 Å². The number of ether oxygens (including phenoxy) is 1. The molecule has 144 valence electrons. The standard InChI is InChI=1S/C19H25N5O3/c1-3-14-9-7-8-12-23(14)19-17(24(25)26)18(20-13-21-19)22-15-10-5-6-11-16(15)27-4-2/h5-6,10-11,13-14H,3-4,7-9,12H2,1-2H3,(H,20,21,22). The lowest BCUT2D eigenvalue weighted by molar-refractivity contribution is -0.383. The van der Waals surface area contributed by atoms with Crippen LogP contribution in [0, 0.1) is 10.1 Å². The average molecular weight is 371 g/mol. The number of benzene rings is 1. The molecule has 2 aromatic rings. The zero-order valence-electron chi connectivity index (χ0n) is 15.7. The average Bonchev–Trinajstić information content (AvgIpc) is 2.69. The first-order chi connectivity index (χ1) is 13.2. The van der Waals surface area contributed by atoms with Crippen LogP contribution >= 0.6 is 0 Å². The highest BCUT2D eigenvalue weighted by Crippen LogP contribution is 2.38. The lowest BCUT2D eigenvalue weighted by Gasteiger charge is -2.35. The third kappa shape index (κ3) is 4.10. The second-order valence-electron chi connectivity index (χ2n) is 6.46. The van der Waals surface area contributed by atoms with E-state index in [2.05, 4.69) is 27.1 Å². The number of nitrogens with one attached hydrogen (secondary N) is 1. The van der Waals surface area contributed by atoms with Crippen molar-refractivity contribution in [3.63, 3.8) is 0 Å². The lowest BCUT2D eigenvalue weighted by Crippen LogP contribution is -2.40. The van der Waals surface area contributed by atoms with Gasteiger partial charge in [0.1, 0.15) is 12.1 Å². The second kappa shape index (κ2) is 8.66. The molecule has 1 atom stereocenters. The fraction of sp³-hybridized carbons (Fsp3) is 0.474. The van der Waals surface area contributed by atoms with Gasteiger partial charge in [0.25, 0.3) is 0 Å². The molecule has 1 aromatic carbocycles. The second-order valence-corrected chi connectivity index (χ2v) is 6.46. The number of piperidine rings is 1. The smallest absolute Gasteiger partial charge is 0.353 e. The Kier molecular flexibility index (Phi) is 6.05. The Labute approximate surface area is 158 Å². The van der Waals surface area contributed by atoms with Crippen molar-refractivity contribution in [2.75, 3.05) is 23.4 Å². The molecular formula is C19H25N5O3. The van der Waals surface area contributed by atoms with Crippen LogP contribution < -0.4 is 15.0 Å². The molecule has 27 heavy (non-hydrogen) atoms. The molecule has 3 rings (SSSR count). The van der Waals surface area contributed by atoms with E-state index < -0.39 is 4.92 Å². The van der Waals surface area contributed by atoms with E-state index in [1.165, 1.54) is 6.33 Å². The first kappa shape index (κ1) is 18.9. The Hall–Kier alpha value is -2.90. The van der Waals surface area contributed by atoms with Crippen molar-refractivity contribution in [3.8, 4) is 5.75 Å². The first-order valence-electron chi connectivity index (χ1n) is 9.40. The van der Waals surface area contributed by atoms with Crippen molar-refractivity contribution < 1.29 is 9.66 Å². The lowest BCUT2D eigenvalue weighted by atomic mass is 10.00. The van der Waals surface area contributed by atoms with Gasteiger partial charge >= 0.3 is 5.69 Å². The van der Waals surface area contributed by atoms with Crippen molar-refractivity contribution >= 4 is 23.0 Å². The van der Waals surface area contributed by atoms with E-state index in [0.29, 0.717) is 23.9 Å². The van der Waals surface area contributed by atoms with Crippen molar-refractivity contribution in [2.24, 2.45) is 0 Å². The normalized spacial score (nSPS) is 16.8. The molecule has 8 heteroatoms. The summed E-state index contributed by atoms with van der Waals surface area (Å²) in [5, 5.41) is 15.0. The third-order valence-corrected chi connectivity index (χ3v) is 4.80. The molecule has 1 N–H and O–H groups in total. The van der Waals surface area contributed by atoms with Gasteiger partial charge in [-0.15, -0.1) is 0 Å². The van der Waals surface area contributed by atoms with Crippen LogP contribution in [0.4, 0.5) is 23.0 Å². The summed E-state index contributed by atoms with van der Waals surface area (Å²) in [4.78, 5) is 22.0. The van der Waals surface area contributed by atoms with E-state index >= 15 is 0 Å². The van der Waals surface area contributed by atoms with Gasteiger partial charge < -0.3 is 15.0 Å². The van der Waals surface area contributed by atoms with E-state index in [0.717, 1.165) is 32.2 Å². The molecule has 0 amide bonds. The number of nitrogens with zero attached hydrogens (tertiary/aromatic N) is 4. The molecule has 0 saturated carbocycles. The zero-order chi connectivity index (χ0) is 19.2. The minimum Gasteiger partial charge on any atom is -0.492 e. The Morgan fingerprint density at radius 1 is 1.30 bits per heavy atom. The number of hydrogen-bond acceptors (Lipinski definition) is 7. The minimum atomic E-state index is -0.401. The molecule has 0 radical (unpaired) electrons. The molecule has 0 aliphatic carbocycles. The molecule has 1 aliphatic heterocycles. The van der Waals surface area contributed by atoms with E-state index in [-0.39, 0.29) is 17.5 Å². The van der Waals surface area contributed by atoms with E-state index in [4.69, 9.17) is 4.74 Å². The molecule has 0 bridgehead atoms. The van der Waals surface area contributed by atoms with Crippen molar-refractivity contribution in [2.45, 2.75) is 45.6 Å². The van der Waals surface area contributed by atoms with Gasteiger partial charge in [0.2, 0.25) is 11.6 Å². The number of hydrogen-bond donors (Lipinski definition) is 1. The van der Waals surface area contributed by atoms with Crippen LogP contribution in [0.3, 0.4) is 0 Å². The summed E-state index contributed by atoms with van der Waals surface area (Å²) in [5.41, 5.74) is 0.543. The summed E-state index contributed by atoms with van der Waals surface area (Å²) in [5.74, 6) is 1.19. The SMILES string of the molecule is CCOc1ccccc1Nc1ncnc(N2CCCCC2CC)c1[N+](=O)[O-]. The molecular weight excluding hydrogens is 346 g/mol. The molecule has 2 heterocycles. The van der Waals surface area contributed by atoms with E-state index in [1.54, 1.807) is 0 Å². The van der Waals surface area contributed by atoms with Crippen LogP contribution in [0.5, 0.6) is 5.75 Å². The van der Waals surface area contributed by atoms with Crippen LogP contribution in [0.2, 0.25) is 0 Å². The van der Waals surface area contributed by atoms with Crippen molar-refractivity contribution in [3.05, 3.63) is 40.7 Å². The summed E-state index contributed by atoms with van der Waals surface area (Å²) in [6, 6.07) is 7.59. The molecule has 1 fully saturated rings. The minimum absolute atomic E-state index is 0.0934. The Balaban J connectivity index is 2.01. The quantitative estimate of drug-likeness (QED) is 0.573. The zero-order valence-corrected chi connectivity index (χ0v) is 15.7. The number of aromatic nitrogens is 2. The topological polar surface area (TPSA) is 93.4 Å². The highest BCUT2D eigenvalue weighted by molar-refractivity contribution is 5.76. The van der Waals surface area contributed by atoms with Crippen LogP contribution in [0.25, 0.3) is 0 Å². The first-order valence-corrected chi connectivity index (χ1v) is 9.40. The summed E-state index contributed by atoms with van der Waals surface area (Å²) in [7, 11) is 0. The van der Waals surface area contributed by atoms with Gasteiger partial charge in [0, 0.05) is 12.6 Å². The van der Waals surface area contributed by atoms with Gasteiger partial charge in [-0.3, -0.25) is 10.1 Å². The summed E-state index contributed by atoms with van der Waals surface area (Å²) < 4.78 is 5.60. The van der Waals surface area contributed by atoms with Crippen molar-refractivity contribution in [1.82, 2.24) is 9.97 Å². The highest BCUT2D eigenvalue weighted by atomic mass is 16.6. The number of nitro groups is 1. The summed E-state index contributed by atoms with van der Waals surface area (Å²) in [6.45, 7) is 5.27. The third-order valence-electron chi connectivity index (χ3n) is 4.80. The number of para-hydroxylation sites is 2. The maximum atomic E-state index is 11.9. The molecule has 0 spiro atoms. The molecule has 1 saturated heterocycles. The van der Waals surface area contributed by atoms with Crippen LogP contribution in [0.1, 0.15) is 39.5 Å². The largest absolute Gasteiger partial charge is 0.492 e.